The third kappa shape index (κ3) is 10.5. The normalized spacial score (nSPS) is 12.1. The summed E-state index contributed by atoms with van der Waals surface area (Å²) in [5, 5.41) is 6.31. The van der Waals surface area contributed by atoms with Crippen LogP contribution >= 0.6 is 0 Å². The van der Waals surface area contributed by atoms with Gasteiger partial charge in [0.2, 0.25) is 0 Å². The maximum absolute atomic E-state index is 12.2. The van der Waals surface area contributed by atoms with E-state index < -0.39 is 12.8 Å². The zero-order chi connectivity index (χ0) is 18.5. The van der Waals surface area contributed by atoms with Crippen LogP contribution in [0.2, 0.25) is 0 Å². The van der Waals surface area contributed by atoms with Gasteiger partial charge >= 0.3 is 6.18 Å². The number of halogens is 3. The SMILES string of the molecule is CCNC(=NCc1cccc(OCC(F)(F)F)c1)NCCCOCC. The van der Waals surface area contributed by atoms with Crippen molar-refractivity contribution >= 4 is 5.96 Å². The van der Waals surface area contributed by atoms with Gasteiger partial charge in [0.15, 0.2) is 12.6 Å². The van der Waals surface area contributed by atoms with Crippen LogP contribution in [0.25, 0.3) is 0 Å². The molecule has 0 aliphatic heterocycles. The first-order valence-electron chi connectivity index (χ1n) is 8.33. The molecule has 1 aromatic carbocycles. The molecule has 0 aliphatic carbocycles. The van der Waals surface area contributed by atoms with E-state index in [0.717, 1.165) is 18.5 Å². The Balaban J connectivity index is 2.54. The molecule has 142 valence electrons. The van der Waals surface area contributed by atoms with Crippen LogP contribution in [-0.4, -0.2) is 45.0 Å². The predicted molar refractivity (Wildman–Crippen MR) is 91.9 cm³/mol. The quantitative estimate of drug-likeness (QED) is 0.382. The van der Waals surface area contributed by atoms with E-state index in [9.17, 15) is 13.2 Å². The highest BCUT2D eigenvalue weighted by Crippen LogP contribution is 2.19. The van der Waals surface area contributed by atoms with E-state index in [1.54, 1.807) is 18.2 Å². The van der Waals surface area contributed by atoms with Gasteiger partial charge in [0.05, 0.1) is 6.54 Å². The van der Waals surface area contributed by atoms with Gasteiger partial charge in [0.1, 0.15) is 5.75 Å². The molecule has 0 heterocycles. The number of nitrogens with zero attached hydrogens (tertiary/aromatic N) is 1. The Morgan fingerprint density at radius 2 is 2.00 bits per heavy atom. The molecule has 0 spiro atoms. The summed E-state index contributed by atoms with van der Waals surface area (Å²) in [6.45, 7) is 5.76. The van der Waals surface area contributed by atoms with E-state index in [-0.39, 0.29) is 5.75 Å². The molecule has 1 aromatic rings. The van der Waals surface area contributed by atoms with Gasteiger partial charge in [0, 0.05) is 26.3 Å². The van der Waals surface area contributed by atoms with E-state index in [4.69, 9.17) is 9.47 Å². The molecule has 0 saturated heterocycles. The number of ether oxygens (including phenoxy) is 2. The van der Waals surface area contributed by atoms with Crippen LogP contribution in [0, 0.1) is 0 Å². The Bertz CT molecular complexity index is 522. The van der Waals surface area contributed by atoms with Crippen LogP contribution in [0.3, 0.4) is 0 Å². The zero-order valence-electron chi connectivity index (χ0n) is 14.7. The van der Waals surface area contributed by atoms with Gasteiger partial charge in [-0.3, -0.25) is 0 Å². The van der Waals surface area contributed by atoms with E-state index in [0.29, 0.717) is 32.3 Å². The minimum absolute atomic E-state index is 0.180. The minimum Gasteiger partial charge on any atom is -0.484 e. The van der Waals surface area contributed by atoms with Crippen LogP contribution in [0.5, 0.6) is 5.75 Å². The number of guanidine groups is 1. The van der Waals surface area contributed by atoms with Crippen LogP contribution in [-0.2, 0) is 11.3 Å². The largest absolute Gasteiger partial charge is 0.484 e. The predicted octanol–water partition coefficient (Wildman–Crippen LogP) is 3.11. The van der Waals surface area contributed by atoms with Crippen molar-refractivity contribution in [2.45, 2.75) is 33.0 Å². The molecule has 0 unspecified atom stereocenters. The van der Waals surface area contributed by atoms with Gasteiger partial charge in [-0.05, 0) is 38.0 Å². The smallest absolute Gasteiger partial charge is 0.422 e. The topological polar surface area (TPSA) is 54.9 Å². The fourth-order valence-corrected chi connectivity index (χ4v) is 1.94. The molecule has 0 aromatic heterocycles. The summed E-state index contributed by atoms with van der Waals surface area (Å²) >= 11 is 0. The average Bonchev–Trinajstić information content (AvgIpc) is 2.57. The van der Waals surface area contributed by atoms with Crippen molar-refractivity contribution in [3.8, 4) is 5.75 Å². The van der Waals surface area contributed by atoms with Gasteiger partial charge < -0.3 is 20.1 Å². The van der Waals surface area contributed by atoms with Crippen molar-refractivity contribution in [2.75, 3.05) is 32.9 Å². The summed E-state index contributed by atoms with van der Waals surface area (Å²) in [5.74, 6) is 0.834. The maximum atomic E-state index is 12.2. The summed E-state index contributed by atoms with van der Waals surface area (Å²) < 4.78 is 46.6. The number of benzene rings is 1. The van der Waals surface area contributed by atoms with Gasteiger partial charge in [-0.15, -0.1) is 0 Å². The van der Waals surface area contributed by atoms with Crippen LogP contribution in [0.15, 0.2) is 29.3 Å². The Hall–Kier alpha value is -1.96. The lowest BCUT2D eigenvalue weighted by Crippen LogP contribution is -2.38. The van der Waals surface area contributed by atoms with E-state index in [1.807, 2.05) is 13.8 Å². The molecule has 2 N–H and O–H groups in total. The molecule has 0 aliphatic rings. The Morgan fingerprint density at radius 3 is 2.68 bits per heavy atom. The third-order valence-corrected chi connectivity index (χ3v) is 3.03. The summed E-state index contributed by atoms with van der Waals surface area (Å²) in [4.78, 5) is 4.43. The van der Waals surface area contributed by atoms with Gasteiger partial charge in [0.25, 0.3) is 0 Å². The number of aliphatic imine (C=N–C) groups is 1. The number of hydrogen-bond acceptors (Lipinski definition) is 3. The molecule has 0 radical (unpaired) electrons. The zero-order valence-corrected chi connectivity index (χ0v) is 14.7. The summed E-state index contributed by atoms with van der Waals surface area (Å²) in [6.07, 6.45) is -3.49. The fraction of sp³-hybridized carbons (Fsp3) is 0.588. The van der Waals surface area contributed by atoms with E-state index >= 15 is 0 Å². The second-order valence-corrected chi connectivity index (χ2v) is 5.22. The minimum atomic E-state index is -4.35. The first kappa shape index (κ1) is 21.1. The van der Waals surface area contributed by atoms with Crippen molar-refractivity contribution in [1.82, 2.24) is 10.6 Å². The van der Waals surface area contributed by atoms with Crippen molar-refractivity contribution in [1.29, 1.82) is 0 Å². The van der Waals surface area contributed by atoms with Crippen LogP contribution in [0.4, 0.5) is 13.2 Å². The molecular weight excluding hydrogens is 335 g/mol. The first-order chi connectivity index (χ1) is 11.9. The molecule has 1 rings (SSSR count). The Labute approximate surface area is 146 Å². The molecule has 0 amide bonds. The summed E-state index contributed by atoms with van der Waals surface area (Å²) in [7, 11) is 0. The Morgan fingerprint density at radius 1 is 1.20 bits per heavy atom. The summed E-state index contributed by atoms with van der Waals surface area (Å²) in [6, 6.07) is 6.51. The Kier molecular flexibility index (Phi) is 9.76. The number of rotatable bonds is 10. The van der Waals surface area contributed by atoms with Crippen molar-refractivity contribution in [3.63, 3.8) is 0 Å². The lowest BCUT2D eigenvalue weighted by atomic mass is 10.2. The standard InChI is InChI=1S/C17H26F3N3O2/c1-3-21-16(22-9-6-10-24-4-2)23-12-14-7-5-8-15(11-14)25-13-17(18,19)20/h5,7-8,11H,3-4,6,9-10,12-13H2,1-2H3,(H2,21,22,23). The molecule has 5 nitrogen and oxygen atoms in total. The van der Waals surface area contributed by atoms with E-state index in [1.165, 1.54) is 6.07 Å². The molecular formula is C17H26F3N3O2. The van der Waals surface area contributed by atoms with Gasteiger partial charge in [-0.1, -0.05) is 12.1 Å². The third-order valence-electron chi connectivity index (χ3n) is 3.03. The molecule has 0 fully saturated rings. The molecule has 0 atom stereocenters. The van der Waals surface area contributed by atoms with Crippen LogP contribution in [0.1, 0.15) is 25.8 Å². The monoisotopic (exact) mass is 361 g/mol. The van der Waals surface area contributed by atoms with Crippen LogP contribution < -0.4 is 15.4 Å². The lowest BCUT2D eigenvalue weighted by molar-refractivity contribution is -0.153. The highest BCUT2D eigenvalue weighted by atomic mass is 19.4. The second kappa shape index (κ2) is 11.6. The van der Waals surface area contributed by atoms with Gasteiger partial charge in [-0.2, -0.15) is 13.2 Å². The molecule has 8 heteroatoms. The second-order valence-electron chi connectivity index (χ2n) is 5.22. The number of nitrogens with one attached hydrogen (secondary N) is 2. The van der Waals surface area contributed by atoms with Gasteiger partial charge in [-0.25, -0.2) is 4.99 Å². The van der Waals surface area contributed by atoms with Crippen molar-refractivity contribution in [2.24, 2.45) is 4.99 Å². The number of alkyl halides is 3. The molecule has 25 heavy (non-hydrogen) atoms. The number of hydrogen-bond donors (Lipinski definition) is 2. The maximum Gasteiger partial charge on any atom is 0.422 e. The van der Waals surface area contributed by atoms with E-state index in [2.05, 4.69) is 15.6 Å². The fourth-order valence-electron chi connectivity index (χ4n) is 1.94. The molecule has 0 bridgehead atoms. The lowest BCUT2D eigenvalue weighted by Gasteiger charge is -2.12. The molecule has 0 saturated carbocycles. The first-order valence-corrected chi connectivity index (χ1v) is 8.33. The highest BCUT2D eigenvalue weighted by molar-refractivity contribution is 5.79. The van der Waals surface area contributed by atoms with Crippen molar-refractivity contribution in [3.05, 3.63) is 29.8 Å². The summed E-state index contributed by atoms with van der Waals surface area (Å²) in [5.41, 5.74) is 0.770. The average molecular weight is 361 g/mol. The van der Waals surface area contributed by atoms with Crippen molar-refractivity contribution < 1.29 is 22.6 Å². The highest BCUT2D eigenvalue weighted by Gasteiger charge is 2.28.